The molecule has 1 unspecified atom stereocenters. The van der Waals surface area contributed by atoms with Gasteiger partial charge in [0.05, 0.1) is 20.3 Å². The van der Waals surface area contributed by atoms with E-state index in [1.165, 1.54) is 18.9 Å². The molecular weight excluding hydrogens is 274 g/mol. The summed E-state index contributed by atoms with van der Waals surface area (Å²) in [6.07, 6.45) is 0. The number of hydrogen-bond acceptors (Lipinski definition) is 6. The van der Waals surface area contributed by atoms with Crippen LogP contribution < -0.4 is 0 Å². The van der Waals surface area contributed by atoms with Crippen molar-refractivity contribution in [2.24, 2.45) is 0 Å². The summed E-state index contributed by atoms with van der Waals surface area (Å²) in [5, 5.41) is 7.64. The number of nitrogens with zero attached hydrogens (tertiary/aromatic N) is 3. The highest BCUT2D eigenvalue weighted by molar-refractivity contribution is 6.00. The van der Waals surface area contributed by atoms with E-state index in [4.69, 9.17) is 4.74 Å². The summed E-state index contributed by atoms with van der Waals surface area (Å²) in [4.78, 5) is 23.6. The van der Waals surface area contributed by atoms with Gasteiger partial charge in [-0.25, -0.2) is 14.3 Å². The van der Waals surface area contributed by atoms with E-state index < -0.39 is 11.9 Å². The summed E-state index contributed by atoms with van der Waals surface area (Å²) < 4.78 is 10.7. The minimum atomic E-state index is -0.734. The lowest BCUT2D eigenvalue weighted by atomic mass is 10.1. The van der Waals surface area contributed by atoms with E-state index in [9.17, 15) is 9.59 Å². The van der Waals surface area contributed by atoms with Gasteiger partial charge in [0.1, 0.15) is 0 Å². The summed E-state index contributed by atoms with van der Waals surface area (Å²) in [6.45, 7) is 1.84. The Morgan fingerprint density at radius 1 is 1.10 bits per heavy atom. The number of esters is 2. The molecule has 0 aliphatic heterocycles. The largest absolute Gasteiger partial charge is 0.464 e. The molecule has 0 saturated carbocycles. The Bertz CT molecular complexity index is 651. The maximum absolute atomic E-state index is 11.9. The van der Waals surface area contributed by atoms with E-state index in [1.807, 2.05) is 37.3 Å². The minimum absolute atomic E-state index is 0.0271. The predicted octanol–water partition coefficient (Wildman–Crippen LogP) is 1.46. The average Bonchev–Trinajstić information content (AvgIpc) is 2.98. The van der Waals surface area contributed by atoms with Gasteiger partial charge >= 0.3 is 11.9 Å². The number of carbonyl (C=O) groups excluding carboxylic acids is 2. The molecule has 1 heterocycles. The number of methoxy groups -OCH3 is 2. The molecule has 0 amide bonds. The molecule has 0 bridgehead atoms. The molecule has 0 aliphatic rings. The Morgan fingerprint density at radius 2 is 1.71 bits per heavy atom. The maximum Gasteiger partial charge on any atom is 0.361 e. The Kier molecular flexibility index (Phi) is 4.32. The van der Waals surface area contributed by atoms with Gasteiger partial charge in [0.2, 0.25) is 5.69 Å². The van der Waals surface area contributed by atoms with Gasteiger partial charge in [0.15, 0.2) is 5.69 Å². The average molecular weight is 289 g/mol. The summed E-state index contributed by atoms with van der Waals surface area (Å²) in [5.74, 6) is -1.43. The fourth-order valence-electron chi connectivity index (χ4n) is 1.96. The second-order valence-corrected chi connectivity index (χ2v) is 4.30. The van der Waals surface area contributed by atoms with Gasteiger partial charge in [-0.05, 0) is 12.5 Å². The minimum Gasteiger partial charge on any atom is -0.464 e. The molecular formula is C14H15N3O4. The van der Waals surface area contributed by atoms with Gasteiger partial charge in [-0.15, -0.1) is 5.10 Å². The summed E-state index contributed by atoms with van der Waals surface area (Å²) >= 11 is 0. The van der Waals surface area contributed by atoms with Gasteiger partial charge in [-0.3, -0.25) is 0 Å². The molecule has 0 fully saturated rings. The van der Waals surface area contributed by atoms with Crippen LogP contribution in [0.3, 0.4) is 0 Å². The normalized spacial score (nSPS) is 11.8. The Balaban J connectivity index is 2.51. The van der Waals surface area contributed by atoms with E-state index in [2.05, 4.69) is 15.0 Å². The molecule has 0 N–H and O–H groups in total. The first-order valence-corrected chi connectivity index (χ1v) is 6.27. The van der Waals surface area contributed by atoms with Crippen molar-refractivity contribution in [3.63, 3.8) is 0 Å². The van der Waals surface area contributed by atoms with Gasteiger partial charge in [0, 0.05) is 0 Å². The van der Waals surface area contributed by atoms with E-state index in [1.54, 1.807) is 0 Å². The molecule has 0 radical (unpaired) electrons. The standard InChI is InChI=1S/C14H15N3O4/c1-9(10-7-5-4-6-8-10)17-12(14(19)21-3)11(15-16-17)13(18)20-2/h4-9H,1-3H3. The Labute approximate surface area is 121 Å². The quantitative estimate of drug-likeness (QED) is 0.792. The van der Waals surface area contributed by atoms with Crippen LogP contribution >= 0.6 is 0 Å². The van der Waals surface area contributed by atoms with Crippen molar-refractivity contribution < 1.29 is 19.1 Å². The molecule has 2 rings (SSSR count). The number of benzene rings is 1. The van der Waals surface area contributed by atoms with Crippen molar-refractivity contribution in [2.75, 3.05) is 14.2 Å². The molecule has 2 aromatic rings. The number of hydrogen-bond donors (Lipinski definition) is 0. The molecule has 21 heavy (non-hydrogen) atoms. The van der Waals surface area contributed by atoms with E-state index in [0.29, 0.717) is 0 Å². The summed E-state index contributed by atoms with van der Waals surface area (Å²) in [5.41, 5.74) is 0.733. The Morgan fingerprint density at radius 3 is 2.29 bits per heavy atom. The van der Waals surface area contributed by atoms with Gasteiger partial charge in [-0.1, -0.05) is 35.5 Å². The molecule has 0 saturated heterocycles. The predicted molar refractivity (Wildman–Crippen MR) is 73.0 cm³/mol. The molecule has 1 atom stereocenters. The highest BCUT2D eigenvalue weighted by Crippen LogP contribution is 2.20. The van der Waals surface area contributed by atoms with E-state index in [0.717, 1.165) is 5.56 Å². The topological polar surface area (TPSA) is 83.3 Å². The zero-order valence-corrected chi connectivity index (χ0v) is 11.9. The van der Waals surface area contributed by atoms with Crippen LogP contribution in [0.15, 0.2) is 30.3 Å². The van der Waals surface area contributed by atoms with Crippen LogP contribution in [0.1, 0.15) is 39.5 Å². The molecule has 110 valence electrons. The monoisotopic (exact) mass is 289 g/mol. The van der Waals surface area contributed by atoms with Crippen molar-refractivity contribution in [1.82, 2.24) is 15.0 Å². The fourth-order valence-corrected chi connectivity index (χ4v) is 1.96. The van der Waals surface area contributed by atoms with Crippen LogP contribution in [0, 0.1) is 0 Å². The van der Waals surface area contributed by atoms with Crippen LogP contribution in [-0.4, -0.2) is 41.2 Å². The van der Waals surface area contributed by atoms with Crippen LogP contribution in [0.2, 0.25) is 0 Å². The third-order valence-electron chi connectivity index (χ3n) is 3.10. The van der Waals surface area contributed by atoms with Crippen LogP contribution in [0.4, 0.5) is 0 Å². The lowest BCUT2D eigenvalue weighted by molar-refractivity contribution is 0.0542. The fraction of sp³-hybridized carbons (Fsp3) is 0.286. The summed E-state index contributed by atoms with van der Waals surface area (Å²) in [7, 11) is 2.44. The highest BCUT2D eigenvalue weighted by atomic mass is 16.5. The van der Waals surface area contributed by atoms with Crippen molar-refractivity contribution in [3.8, 4) is 0 Å². The second kappa shape index (κ2) is 6.17. The van der Waals surface area contributed by atoms with Gasteiger partial charge < -0.3 is 9.47 Å². The third-order valence-corrected chi connectivity index (χ3v) is 3.10. The zero-order chi connectivity index (χ0) is 15.4. The number of ether oxygens (including phenoxy) is 2. The molecule has 0 aliphatic carbocycles. The summed E-state index contributed by atoms with van der Waals surface area (Å²) in [6, 6.07) is 9.14. The third kappa shape index (κ3) is 2.76. The highest BCUT2D eigenvalue weighted by Gasteiger charge is 2.29. The first-order valence-electron chi connectivity index (χ1n) is 6.27. The SMILES string of the molecule is COC(=O)c1nnn(C(C)c2ccccc2)c1C(=O)OC. The van der Waals surface area contributed by atoms with Gasteiger partial charge in [0.25, 0.3) is 0 Å². The molecule has 1 aromatic carbocycles. The smallest absolute Gasteiger partial charge is 0.361 e. The number of aromatic nitrogens is 3. The molecule has 1 aromatic heterocycles. The van der Waals surface area contributed by atoms with Crippen molar-refractivity contribution >= 4 is 11.9 Å². The first kappa shape index (κ1) is 14.7. The van der Waals surface area contributed by atoms with Crippen LogP contribution in [0.25, 0.3) is 0 Å². The van der Waals surface area contributed by atoms with Crippen LogP contribution in [-0.2, 0) is 9.47 Å². The maximum atomic E-state index is 11.9. The zero-order valence-electron chi connectivity index (χ0n) is 11.9. The van der Waals surface area contributed by atoms with E-state index in [-0.39, 0.29) is 17.4 Å². The lowest BCUT2D eigenvalue weighted by Crippen LogP contribution is -2.19. The van der Waals surface area contributed by atoms with E-state index >= 15 is 0 Å². The number of rotatable bonds is 4. The van der Waals surface area contributed by atoms with Crippen molar-refractivity contribution in [1.29, 1.82) is 0 Å². The number of carbonyl (C=O) groups is 2. The van der Waals surface area contributed by atoms with Crippen molar-refractivity contribution in [3.05, 3.63) is 47.3 Å². The molecule has 7 nitrogen and oxygen atoms in total. The lowest BCUT2D eigenvalue weighted by Gasteiger charge is -2.14. The Hall–Kier alpha value is -2.70. The van der Waals surface area contributed by atoms with Crippen molar-refractivity contribution in [2.45, 2.75) is 13.0 Å². The second-order valence-electron chi connectivity index (χ2n) is 4.30. The van der Waals surface area contributed by atoms with Gasteiger partial charge in [-0.2, -0.15) is 0 Å². The molecule has 7 heteroatoms. The van der Waals surface area contributed by atoms with Crippen LogP contribution in [0.5, 0.6) is 0 Å². The first-order chi connectivity index (χ1) is 10.1. The molecule has 0 spiro atoms.